The number of aryl methyl sites for hydroxylation is 1. The molecule has 1 heterocycles. The van der Waals surface area contributed by atoms with Crippen LogP contribution in [0.2, 0.25) is 0 Å². The van der Waals surface area contributed by atoms with Crippen molar-refractivity contribution in [3.63, 3.8) is 0 Å². The summed E-state index contributed by atoms with van der Waals surface area (Å²) in [5.74, 6) is 1.58. The van der Waals surface area contributed by atoms with Gasteiger partial charge in [-0.2, -0.15) is 0 Å². The highest BCUT2D eigenvalue weighted by Crippen LogP contribution is 2.20. The highest BCUT2D eigenvalue weighted by Gasteiger charge is 2.05. The lowest BCUT2D eigenvalue weighted by Gasteiger charge is -2.12. The van der Waals surface area contributed by atoms with Crippen LogP contribution in [0.4, 0.5) is 0 Å². The van der Waals surface area contributed by atoms with Gasteiger partial charge in [-0.05, 0) is 25.6 Å². The SMILES string of the molecule is CCNCc1cc(C)ccc1OCc1ncccn1. The molecule has 0 aliphatic rings. The van der Waals surface area contributed by atoms with Gasteiger partial charge in [0, 0.05) is 24.5 Å². The third kappa shape index (κ3) is 4.03. The van der Waals surface area contributed by atoms with E-state index in [0.717, 1.165) is 24.4 Å². The molecular formula is C15H19N3O. The number of nitrogens with one attached hydrogen (secondary N) is 1. The zero-order chi connectivity index (χ0) is 13.5. The van der Waals surface area contributed by atoms with E-state index in [0.29, 0.717) is 12.4 Å². The van der Waals surface area contributed by atoms with Crippen molar-refractivity contribution in [1.29, 1.82) is 0 Å². The first-order chi connectivity index (χ1) is 9.29. The Morgan fingerprint density at radius 3 is 2.74 bits per heavy atom. The lowest BCUT2D eigenvalue weighted by molar-refractivity contribution is 0.292. The van der Waals surface area contributed by atoms with E-state index in [1.54, 1.807) is 18.5 Å². The van der Waals surface area contributed by atoms with Gasteiger partial charge < -0.3 is 10.1 Å². The van der Waals surface area contributed by atoms with Crippen LogP contribution in [0.3, 0.4) is 0 Å². The molecule has 1 aromatic heterocycles. The molecule has 0 saturated carbocycles. The smallest absolute Gasteiger partial charge is 0.166 e. The molecular weight excluding hydrogens is 238 g/mol. The third-order valence-electron chi connectivity index (χ3n) is 2.76. The summed E-state index contributed by atoms with van der Waals surface area (Å²) in [4.78, 5) is 8.30. The van der Waals surface area contributed by atoms with Gasteiger partial charge in [0.1, 0.15) is 12.4 Å². The maximum absolute atomic E-state index is 5.81. The van der Waals surface area contributed by atoms with E-state index in [4.69, 9.17) is 4.74 Å². The Morgan fingerprint density at radius 2 is 2.00 bits per heavy atom. The number of rotatable bonds is 6. The predicted octanol–water partition coefficient (Wildman–Crippen LogP) is 2.47. The summed E-state index contributed by atoms with van der Waals surface area (Å²) in [5, 5.41) is 3.32. The molecule has 0 spiro atoms. The molecule has 2 aromatic rings. The van der Waals surface area contributed by atoms with Gasteiger partial charge in [0.05, 0.1) is 0 Å². The van der Waals surface area contributed by atoms with Gasteiger partial charge >= 0.3 is 0 Å². The van der Waals surface area contributed by atoms with Gasteiger partial charge in [0.2, 0.25) is 0 Å². The minimum atomic E-state index is 0.392. The lowest BCUT2D eigenvalue weighted by Crippen LogP contribution is -2.13. The molecule has 0 radical (unpaired) electrons. The van der Waals surface area contributed by atoms with E-state index in [9.17, 15) is 0 Å². The molecule has 0 aliphatic carbocycles. The molecule has 0 bridgehead atoms. The highest BCUT2D eigenvalue weighted by molar-refractivity contribution is 5.36. The minimum Gasteiger partial charge on any atom is -0.485 e. The average molecular weight is 257 g/mol. The second-order valence-corrected chi connectivity index (χ2v) is 4.35. The van der Waals surface area contributed by atoms with Crippen LogP contribution in [-0.2, 0) is 13.2 Å². The van der Waals surface area contributed by atoms with Crippen molar-refractivity contribution in [3.05, 3.63) is 53.6 Å². The second-order valence-electron chi connectivity index (χ2n) is 4.35. The maximum atomic E-state index is 5.81. The summed E-state index contributed by atoms with van der Waals surface area (Å²) < 4.78 is 5.81. The molecule has 100 valence electrons. The van der Waals surface area contributed by atoms with Crippen LogP contribution in [0.15, 0.2) is 36.7 Å². The largest absolute Gasteiger partial charge is 0.485 e. The summed E-state index contributed by atoms with van der Waals surface area (Å²) in [5.41, 5.74) is 2.40. The van der Waals surface area contributed by atoms with Crippen LogP contribution in [0.25, 0.3) is 0 Å². The Labute approximate surface area is 113 Å². The Bertz CT molecular complexity index is 514. The first-order valence-corrected chi connectivity index (χ1v) is 6.48. The fourth-order valence-corrected chi connectivity index (χ4v) is 1.79. The number of aromatic nitrogens is 2. The molecule has 19 heavy (non-hydrogen) atoms. The van der Waals surface area contributed by atoms with Crippen LogP contribution >= 0.6 is 0 Å². The number of hydrogen-bond donors (Lipinski definition) is 1. The number of benzene rings is 1. The van der Waals surface area contributed by atoms with Crippen LogP contribution < -0.4 is 10.1 Å². The first kappa shape index (κ1) is 13.5. The van der Waals surface area contributed by atoms with Gasteiger partial charge in [-0.25, -0.2) is 9.97 Å². The summed E-state index contributed by atoms with van der Waals surface area (Å²) in [7, 11) is 0. The van der Waals surface area contributed by atoms with Crippen LogP contribution in [0.5, 0.6) is 5.75 Å². The second kappa shape index (κ2) is 6.85. The number of nitrogens with zero attached hydrogens (tertiary/aromatic N) is 2. The Kier molecular flexibility index (Phi) is 4.86. The maximum Gasteiger partial charge on any atom is 0.166 e. The summed E-state index contributed by atoms with van der Waals surface area (Å²) in [6, 6.07) is 8.00. The van der Waals surface area contributed by atoms with Gasteiger partial charge in [0.25, 0.3) is 0 Å². The van der Waals surface area contributed by atoms with E-state index in [1.807, 2.05) is 6.07 Å². The van der Waals surface area contributed by atoms with E-state index in [2.05, 4.69) is 41.3 Å². The molecule has 4 nitrogen and oxygen atoms in total. The summed E-state index contributed by atoms with van der Waals surface area (Å²) >= 11 is 0. The molecule has 0 atom stereocenters. The zero-order valence-electron chi connectivity index (χ0n) is 11.4. The molecule has 1 aromatic carbocycles. The molecule has 0 unspecified atom stereocenters. The van der Waals surface area contributed by atoms with Crippen molar-refractivity contribution in [2.75, 3.05) is 6.54 Å². The number of ether oxygens (including phenoxy) is 1. The molecule has 0 fully saturated rings. The van der Waals surface area contributed by atoms with Crippen molar-refractivity contribution >= 4 is 0 Å². The van der Waals surface area contributed by atoms with E-state index in [-0.39, 0.29) is 0 Å². The first-order valence-electron chi connectivity index (χ1n) is 6.48. The van der Waals surface area contributed by atoms with Crippen LogP contribution in [0.1, 0.15) is 23.9 Å². The lowest BCUT2D eigenvalue weighted by atomic mass is 10.1. The Balaban J connectivity index is 2.06. The Hall–Kier alpha value is -1.94. The van der Waals surface area contributed by atoms with Gasteiger partial charge in [-0.15, -0.1) is 0 Å². The van der Waals surface area contributed by atoms with Crippen molar-refractivity contribution in [1.82, 2.24) is 15.3 Å². The van der Waals surface area contributed by atoms with Gasteiger partial charge in [-0.3, -0.25) is 0 Å². The molecule has 4 heteroatoms. The molecule has 0 saturated heterocycles. The van der Waals surface area contributed by atoms with Crippen LogP contribution in [-0.4, -0.2) is 16.5 Å². The van der Waals surface area contributed by atoms with Crippen molar-refractivity contribution in [2.45, 2.75) is 27.0 Å². The van der Waals surface area contributed by atoms with E-state index < -0.39 is 0 Å². The number of hydrogen-bond acceptors (Lipinski definition) is 4. The molecule has 2 rings (SSSR count). The van der Waals surface area contributed by atoms with E-state index in [1.165, 1.54) is 5.56 Å². The summed E-state index contributed by atoms with van der Waals surface area (Å²) in [6.07, 6.45) is 3.45. The zero-order valence-corrected chi connectivity index (χ0v) is 11.4. The van der Waals surface area contributed by atoms with Crippen molar-refractivity contribution in [2.24, 2.45) is 0 Å². The molecule has 1 N–H and O–H groups in total. The normalized spacial score (nSPS) is 10.4. The fraction of sp³-hybridized carbons (Fsp3) is 0.333. The minimum absolute atomic E-state index is 0.392. The van der Waals surface area contributed by atoms with Crippen molar-refractivity contribution in [3.8, 4) is 5.75 Å². The molecule has 0 amide bonds. The van der Waals surface area contributed by atoms with Gasteiger partial charge in [-0.1, -0.05) is 24.6 Å². The van der Waals surface area contributed by atoms with Crippen LogP contribution in [0, 0.1) is 6.92 Å². The van der Waals surface area contributed by atoms with Crippen molar-refractivity contribution < 1.29 is 4.74 Å². The van der Waals surface area contributed by atoms with E-state index >= 15 is 0 Å². The third-order valence-corrected chi connectivity index (χ3v) is 2.76. The standard InChI is InChI=1S/C15H19N3O/c1-3-16-10-13-9-12(2)5-6-14(13)19-11-15-17-7-4-8-18-15/h4-9,16H,3,10-11H2,1-2H3. The average Bonchev–Trinajstić information content (AvgIpc) is 2.45. The predicted molar refractivity (Wildman–Crippen MR) is 74.9 cm³/mol. The topological polar surface area (TPSA) is 47.0 Å². The Morgan fingerprint density at radius 1 is 1.21 bits per heavy atom. The molecule has 0 aliphatic heterocycles. The van der Waals surface area contributed by atoms with Gasteiger partial charge in [0.15, 0.2) is 5.82 Å². The fourth-order valence-electron chi connectivity index (χ4n) is 1.79. The highest BCUT2D eigenvalue weighted by atomic mass is 16.5. The summed E-state index contributed by atoms with van der Waals surface area (Å²) in [6.45, 7) is 6.31. The monoisotopic (exact) mass is 257 g/mol. The quantitative estimate of drug-likeness (QED) is 0.863.